The quantitative estimate of drug-likeness (QED) is 0.522. The number of nitrogens with one attached hydrogen (secondary N) is 2. The van der Waals surface area contributed by atoms with Crippen molar-refractivity contribution in [1.82, 2.24) is 10.6 Å². The first-order valence-corrected chi connectivity index (χ1v) is 11.6. The van der Waals surface area contributed by atoms with Gasteiger partial charge < -0.3 is 19.8 Å². The van der Waals surface area contributed by atoms with Gasteiger partial charge in [0.15, 0.2) is 5.96 Å². The van der Waals surface area contributed by atoms with Crippen molar-refractivity contribution >= 4 is 16.8 Å². The number of rotatable bonds is 8. The monoisotopic (exact) mass is 395 g/mol. The average Bonchev–Trinajstić information content (AvgIpc) is 3.39. The number of furan rings is 1. The molecule has 1 aromatic rings. The molecular weight excluding hydrogens is 362 g/mol. The second-order valence-electron chi connectivity index (χ2n) is 7.47. The van der Waals surface area contributed by atoms with E-state index in [2.05, 4.69) is 10.6 Å². The van der Waals surface area contributed by atoms with Crippen LogP contribution in [0.2, 0.25) is 0 Å². The van der Waals surface area contributed by atoms with Gasteiger partial charge in [-0.1, -0.05) is 13.3 Å². The lowest BCUT2D eigenvalue weighted by atomic mass is 9.95. The van der Waals surface area contributed by atoms with Crippen LogP contribution in [0.1, 0.15) is 44.8 Å². The number of guanidine groups is 1. The molecule has 0 spiro atoms. The summed E-state index contributed by atoms with van der Waals surface area (Å²) in [6, 6.07) is 4.25. The van der Waals surface area contributed by atoms with Gasteiger partial charge in [-0.25, -0.2) is 0 Å². The van der Waals surface area contributed by atoms with Crippen molar-refractivity contribution in [3.8, 4) is 0 Å². The highest BCUT2D eigenvalue weighted by molar-refractivity contribution is 7.85. The number of nitrogens with zero attached hydrogens (tertiary/aromatic N) is 1. The molecule has 1 aliphatic carbocycles. The lowest BCUT2D eigenvalue weighted by Crippen LogP contribution is -2.47. The number of hydrogen-bond donors (Lipinski definition) is 2. The molecule has 2 aliphatic rings. The van der Waals surface area contributed by atoms with E-state index < -0.39 is 10.8 Å². The van der Waals surface area contributed by atoms with Crippen molar-refractivity contribution in [2.75, 3.05) is 32.1 Å². The van der Waals surface area contributed by atoms with Crippen LogP contribution in [0.3, 0.4) is 0 Å². The van der Waals surface area contributed by atoms with Crippen LogP contribution in [0.15, 0.2) is 27.8 Å². The average molecular weight is 396 g/mol. The van der Waals surface area contributed by atoms with E-state index in [0.717, 1.165) is 82.3 Å². The van der Waals surface area contributed by atoms with E-state index in [1.165, 1.54) is 0 Å². The highest BCUT2D eigenvalue weighted by Crippen LogP contribution is 2.23. The van der Waals surface area contributed by atoms with Crippen molar-refractivity contribution in [3.05, 3.63) is 24.2 Å². The Kier molecular flexibility index (Phi) is 8.20. The van der Waals surface area contributed by atoms with Crippen LogP contribution < -0.4 is 10.6 Å². The first-order valence-electron chi connectivity index (χ1n) is 10.3. The summed E-state index contributed by atoms with van der Waals surface area (Å²) in [6.45, 7) is 5.23. The van der Waals surface area contributed by atoms with E-state index in [0.29, 0.717) is 17.2 Å². The summed E-state index contributed by atoms with van der Waals surface area (Å²) in [7, 11) is -0.709. The Labute approximate surface area is 165 Å². The minimum atomic E-state index is -0.709. The van der Waals surface area contributed by atoms with Gasteiger partial charge in [0.2, 0.25) is 0 Å². The maximum Gasteiger partial charge on any atom is 0.191 e. The highest BCUT2D eigenvalue weighted by atomic mass is 32.2. The van der Waals surface area contributed by atoms with Gasteiger partial charge in [-0.05, 0) is 37.8 Å². The van der Waals surface area contributed by atoms with Gasteiger partial charge in [0, 0.05) is 59.9 Å². The third kappa shape index (κ3) is 6.64. The molecule has 2 fully saturated rings. The molecular formula is C20H33N3O3S. The number of ether oxygens (including phenoxy) is 1. The minimum absolute atomic E-state index is 0.314. The third-order valence-corrected chi connectivity index (χ3v) is 7.14. The van der Waals surface area contributed by atoms with E-state index in [1.54, 1.807) is 6.26 Å². The fraction of sp³-hybridized carbons (Fsp3) is 0.750. The Morgan fingerprint density at radius 1 is 1.37 bits per heavy atom. The van der Waals surface area contributed by atoms with Crippen molar-refractivity contribution in [2.24, 2.45) is 10.9 Å². The van der Waals surface area contributed by atoms with Gasteiger partial charge in [-0.2, -0.15) is 0 Å². The molecule has 27 heavy (non-hydrogen) atoms. The zero-order valence-corrected chi connectivity index (χ0v) is 17.1. The Balaban J connectivity index is 1.54. The van der Waals surface area contributed by atoms with Gasteiger partial charge in [-0.3, -0.25) is 9.20 Å². The van der Waals surface area contributed by atoms with E-state index in [-0.39, 0.29) is 0 Å². The molecule has 152 valence electrons. The van der Waals surface area contributed by atoms with Crippen molar-refractivity contribution < 1.29 is 13.4 Å². The van der Waals surface area contributed by atoms with Crippen molar-refractivity contribution in [2.45, 2.75) is 56.7 Å². The van der Waals surface area contributed by atoms with Crippen LogP contribution in [0.25, 0.3) is 0 Å². The Hall–Kier alpha value is -1.34. The second kappa shape index (κ2) is 10.9. The minimum Gasteiger partial charge on any atom is -0.469 e. The van der Waals surface area contributed by atoms with Gasteiger partial charge >= 0.3 is 0 Å². The van der Waals surface area contributed by atoms with Crippen LogP contribution in [0, 0.1) is 5.92 Å². The molecule has 0 aromatic carbocycles. The van der Waals surface area contributed by atoms with Gasteiger partial charge in [0.1, 0.15) is 5.76 Å². The molecule has 2 heterocycles. The Morgan fingerprint density at radius 2 is 2.30 bits per heavy atom. The SMILES string of the molecule is CCS(=O)C1CCCC(NC(=NCC2CCOC2)NCCc2ccco2)C1. The predicted octanol–water partition coefficient (Wildman–Crippen LogP) is 2.47. The molecule has 3 rings (SSSR count). The Bertz CT molecular complexity index is 600. The molecule has 7 heteroatoms. The first-order chi connectivity index (χ1) is 13.2. The fourth-order valence-corrected chi connectivity index (χ4v) is 5.15. The standard InChI is InChI=1S/C20H33N3O3S/c1-2-27(24)19-7-3-5-17(13-19)23-20(22-14-16-9-12-25-15-16)21-10-8-18-6-4-11-26-18/h4,6,11,16-17,19H,2-3,5,7-10,12-15H2,1H3,(H2,21,22,23). The summed E-state index contributed by atoms with van der Waals surface area (Å²) < 4.78 is 23.1. The van der Waals surface area contributed by atoms with E-state index in [9.17, 15) is 4.21 Å². The van der Waals surface area contributed by atoms with Gasteiger partial charge in [0.05, 0.1) is 12.9 Å². The predicted molar refractivity (Wildman–Crippen MR) is 110 cm³/mol. The first kappa shape index (κ1) is 20.4. The summed E-state index contributed by atoms with van der Waals surface area (Å²) >= 11 is 0. The third-order valence-electron chi connectivity index (χ3n) is 5.40. The van der Waals surface area contributed by atoms with Crippen LogP contribution in [0.5, 0.6) is 0 Å². The molecule has 0 bridgehead atoms. The molecule has 0 amide bonds. The molecule has 1 saturated carbocycles. The lowest BCUT2D eigenvalue weighted by Gasteiger charge is -2.30. The van der Waals surface area contributed by atoms with Gasteiger partial charge in [-0.15, -0.1) is 0 Å². The largest absolute Gasteiger partial charge is 0.469 e. The molecule has 1 aliphatic heterocycles. The van der Waals surface area contributed by atoms with Crippen LogP contribution in [0.4, 0.5) is 0 Å². The van der Waals surface area contributed by atoms with E-state index in [4.69, 9.17) is 14.1 Å². The summed E-state index contributed by atoms with van der Waals surface area (Å²) in [6.07, 6.45) is 7.91. The summed E-state index contributed by atoms with van der Waals surface area (Å²) in [5, 5.41) is 7.37. The van der Waals surface area contributed by atoms with Crippen LogP contribution >= 0.6 is 0 Å². The molecule has 4 atom stereocenters. The normalized spacial score (nSPS) is 27.4. The summed E-state index contributed by atoms with van der Waals surface area (Å²) in [4.78, 5) is 4.82. The molecule has 6 nitrogen and oxygen atoms in total. The number of hydrogen-bond acceptors (Lipinski definition) is 4. The van der Waals surface area contributed by atoms with Gasteiger partial charge in [0.25, 0.3) is 0 Å². The Morgan fingerprint density at radius 3 is 3.04 bits per heavy atom. The van der Waals surface area contributed by atoms with E-state index >= 15 is 0 Å². The topological polar surface area (TPSA) is 75.9 Å². The molecule has 1 saturated heterocycles. The van der Waals surface area contributed by atoms with E-state index in [1.807, 2.05) is 19.1 Å². The lowest BCUT2D eigenvalue weighted by molar-refractivity contribution is 0.187. The maximum atomic E-state index is 12.2. The van der Waals surface area contributed by atoms with Crippen molar-refractivity contribution in [1.29, 1.82) is 0 Å². The zero-order valence-electron chi connectivity index (χ0n) is 16.3. The maximum absolute atomic E-state index is 12.2. The smallest absolute Gasteiger partial charge is 0.191 e. The molecule has 0 radical (unpaired) electrons. The zero-order chi connectivity index (χ0) is 18.9. The highest BCUT2D eigenvalue weighted by Gasteiger charge is 2.26. The molecule has 2 N–H and O–H groups in total. The van der Waals surface area contributed by atoms with Crippen molar-refractivity contribution in [3.63, 3.8) is 0 Å². The molecule has 1 aromatic heterocycles. The number of aliphatic imine (C=N–C) groups is 1. The second-order valence-corrected chi connectivity index (χ2v) is 9.48. The summed E-state index contributed by atoms with van der Waals surface area (Å²) in [5.74, 6) is 3.10. The molecule has 4 unspecified atom stereocenters. The van der Waals surface area contributed by atoms with Crippen LogP contribution in [-0.4, -0.2) is 53.5 Å². The van der Waals surface area contributed by atoms with Crippen LogP contribution in [-0.2, 0) is 22.0 Å². The summed E-state index contributed by atoms with van der Waals surface area (Å²) in [5.41, 5.74) is 0. The fourth-order valence-electron chi connectivity index (χ4n) is 3.80.